The van der Waals surface area contributed by atoms with E-state index in [1.807, 2.05) is 0 Å². The quantitative estimate of drug-likeness (QED) is 0.212. The summed E-state index contributed by atoms with van der Waals surface area (Å²) in [4.78, 5) is 0. The van der Waals surface area contributed by atoms with Crippen molar-refractivity contribution in [2.45, 2.75) is 73.3 Å². The number of hydrogen-bond donors (Lipinski definition) is 6. The number of rotatable bonds is 8. The number of aliphatic hydroxyl groups excluding tert-OH is 6. The fourth-order valence-electron chi connectivity index (χ4n) is 4.18. The molecule has 4 aliphatic heterocycles. The molecule has 0 aromatic rings. The number of aliphatic hydroxyl groups is 6. The molecule has 0 aliphatic carbocycles. The van der Waals surface area contributed by atoms with Gasteiger partial charge in [-0.15, -0.1) is 0 Å². The Bertz CT molecular complexity index is 594. The summed E-state index contributed by atoms with van der Waals surface area (Å²) in [5.41, 5.74) is -1.16. The molecule has 30 heavy (non-hydrogen) atoms. The van der Waals surface area contributed by atoms with Crippen molar-refractivity contribution in [2.75, 3.05) is 33.5 Å². The van der Waals surface area contributed by atoms with E-state index < -0.39 is 86.5 Å². The van der Waals surface area contributed by atoms with Crippen molar-refractivity contribution in [3.05, 3.63) is 0 Å². The van der Waals surface area contributed by atoms with Crippen molar-refractivity contribution >= 4 is 0 Å². The van der Waals surface area contributed by atoms with Crippen LogP contribution in [0.2, 0.25) is 0 Å². The van der Waals surface area contributed by atoms with Gasteiger partial charge in [-0.25, -0.2) is 0 Å². The maximum atomic E-state index is 10.2. The molecule has 0 aromatic heterocycles. The van der Waals surface area contributed by atoms with Gasteiger partial charge in [0.25, 0.3) is 0 Å². The summed E-state index contributed by atoms with van der Waals surface area (Å²) in [7, 11) is 1.42. The largest absolute Gasteiger partial charge is 0.394 e. The summed E-state index contributed by atoms with van der Waals surface area (Å²) in [5.74, 6) is 0. The lowest BCUT2D eigenvalue weighted by Crippen LogP contribution is -2.67. The second kappa shape index (κ2) is 8.78. The third kappa shape index (κ3) is 3.57. The van der Waals surface area contributed by atoms with Crippen molar-refractivity contribution in [2.24, 2.45) is 0 Å². The Morgan fingerprint density at radius 3 is 1.93 bits per heavy atom. The number of fused-ring (bicyclic) bond motifs is 1. The fraction of sp³-hybridized carbons (Fsp3) is 1.00. The van der Waals surface area contributed by atoms with Crippen molar-refractivity contribution in [1.29, 1.82) is 0 Å². The molecule has 0 spiro atoms. The highest BCUT2D eigenvalue weighted by Crippen LogP contribution is 2.46. The average molecular weight is 440 g/mol. The molecule has 0 unspecified atom stereocenters. The molecule has 6 N–H and O–H groups in total. The minimum absolute atomic E-state index is 0.0496. The lowest BCUT2D eigenvalue weighted by atomic mass is 9.88. The minimum Gasteiger partial charge on any atom is -0.394 e. The van der Waals surface area contributed by atoms with Crippen LogP contribution in [0.15, 0.2) is 0 Å². The van der Waals surface area contributed by atoms with Gasteiger partial charge in [0, 0.05) is 7.11 Å². The SMILES string of the molecule is CO[C@H]1O[C@H](CO[C@H]2O[C@H](CO)[C@@H](O)[C@@H]2O)[C@@]2(O[C@H]3O[C@H](CO)[C@@H](O)[C@@H]3O)CO[C@H]12. The molecule has 4 aliphatic rings. The lowest BCUT2D eigenvalue weighted by molar-refractivity contribution is -0.330. The summed E-state index contributed by atoms with van der Waals surface area (Å²) in [6.07, 6.45) is -12.1. The summed E-state index contributed by atoms with van der Waals surface area (Å²) in [6.45, 7) is -1.10. The van der Waals surface area contributed by atoms with Crippen LogP contribution in [0.1, 0.15) is 0 Å². The van der Waals surface area contributed by atoms with Crippen LogP contribution in [0.25, 0.3) is 0 Å². The summed E-state index contributed by atoms with van der Waals surface area (Å²) in [5, 5.41) is 58.5. The zero-order chi connectivity index (χ0) is 21.6. The molecule has 0 radical (unpaired) electrons. The van der Waals surface area contributed by atoms with Gasteiger partial charge < -0.3 is 63.8 Å². The van der Waals surface area contributed by atoms with E-state index in [4.69, 9.17) is 33.2 Å². The molecule has 12 atom stereocenters. The Morgan fingerprint density at radius 2 is 1.43 bits per heavy atom. The van der Waals surface area contributed by atoms with Crippen molar-refractivity contribution in [3.8, 4) is 0 Å². The average Bonchev–Trinajstić information content (AvgIpc) is 3.24. The third-order valence-corrected chi connectivity index (χ3v) is 6.04. The zero-order valence-corrected chi connectivity index (χ0v) is 16.2. The van der Waals surface area contributed by atoms with Crippen LogP contribution >= 0.6 is 0 Å². The maximum absolute atomic E-state index is 10.2. The highest BCUT2D eigenvalue weighted by Gasteiger charge is 2.67. The third-order valence-electron chi connectivity index (χ3n) is 6.04. The first kappa shape index (κ1) is 22.7. The first-order valence-corrected chi connectivity index (χ1v) is 9.70. The van der Waals surface area contributed by atoms with E-state index in [0.29, 0.717) is 0 Å². The molecule has 0 aromatic carbocycles. The van der Waals surface area contributed by atoms with E-state index in [2.05, 4.69) is 0 Å². The van der Waals surface area contributed by atoms with Gasteiger partial charge >= 0.3 is 0 Å². The number of ether oxygens (including phenoxy) is 7. The van der Waals surface area contributed by atoms with Gasteiger partial charge in [0.2, 0.25) is 0 Å². The maximum Gasteiger partial charge on any atom is 0.187 e. The second-order valence-electron chi connectivity index (χ2n) is 7.78. The Hall–Kier alpha value is -0.520. The van der Waals surface area contributed by atoms with Crippen LogP contribution in [0.4, 0.5) is 0 Å². The van der Waals surface area contributed by atoms with Crippen molar-refractivity contribution in [3.63, 3.8) is 0 Å². The Balaban J connectivity index is 1.44. The van der Waals surface area contributed by atoms with Crippen LogP contribution < -0.4 is 0 Å². The molecule has 0 saturated carbocycles. The van der Waals surface area contributed by atoms with E-state index in [9.17, 15) is 30.6 Å². The molecule has 13 nitrogen and oxygen atoms in total. The molecule has 4 saturated heterocycles. The summed E-state index contributed by atoms with van der Waals surface area (Å²) < 4.78 is 38.9. The van der Waals surface area contributed by atoms with Crippen molar-refractivity contribution < 1.29 is 63.8 Å². The first-order valence-electron chi connectivity index (χ1n) is 9.70. The topological polar surface area (TPSA) is 186 Å². The van der Waals surface area contributed by atoms with Gasteiger partial charge in [-0.3, -0.25) is 0 Å². The van der Waals surface area contributed by atoms with Gasteiger partial charge in [0.15, 0.2) is 24.5 Å². The van der Waals surface area contributed by atoms with Crippen LogP contribution in [-0.2, 0) is 33.2 Å². The standard InChI is InChI=1S/C17H28O13/c1-24-16-13-17(5-26-13,30-15-12(23)10(21)7(3-19)28-15)8(29-16)4-25-14-11(22)9(20)6(2-18)27-14/h6-16,18-23H,2-5H2,1H3/t6-,7-,8-,9-,10-,11+,12+,13-,14+,15-,16+,17+/m1/s1. The van der Waals surface area contributed by atoms with Gasteiger partial charge in [0.1, 0.15) is 48.8 Å². The Morgan fingerprint density at radius 1 is 0.833 bits per heavy atom. The molecule has 13 heteroatoms. The second-order valence-corrected chi connectivity index (χ2v) is 7.78. The molecule has 4 rings (SSSR count). The van der Waals surface area contributed by atoms with Gasteiger partial charge in [-0.1, -0.05) is 0 Å². The predicted molar refractivity (Wildman–Crippen MR) is 90.7 cm³/mol. The van der Waals surface area contributed by atoms with Crippen LogP contribution in [0.3, 0.4) is 0 Å². The molecule has 4 fully saturated rings. The Kier molecular flexibility index (Phi) is 6.64. The predicted octanol–water partition coefficient (Wildman–Crippen LogP) is -4.59. The fourth-order valence-corrected chi connectivity index (χ4v) is 4.18. The normalized spacial score (nSPS) is 53.1. The summed E-state index contributed by atoms with van der Waals surface area (Å²) in [6, 6.07) is 0. The molecule has 0 amide bonds. The lowest BCUT2D eigenvalue weighted by Gasteiger charge is -2.47. The minimum atomic E-state index is -1.40. The highest BCUT2D eigenvalue weighted by molar-refractivity contribution is 5.11. The molecule has 0 bridgehead atoms. The van der Waals surface area contributed by atoms with E-state index in [1.165, 1.54) is 7.11 Å². The van der Waals surface area contributed by atoms with E-state index >= 15 is 0 Å². The highest BCUT2D eigenvalue weighted by atomic mass is 16.8. The molecule has 174 valence electrons. The van der Waals surface area contributed by atoms with Gasteiger partial charge in [0.05, 0.1) is 26.4 Å². The van der Waals surface area contributed by atoms with Crippen molar-refractivity contribution in [1.82, 2.24) is 0 Å². The van der Waals surface area contributed by atoms with Gasteiger partial charge in [-0.2, -0.15) is 0 Å². The number of methoxy groups -OCH3 is 1. The van der Waals surface area contributed by atoms with Crippen LogP contribution in [0.5, 0.6) is 0 Å². The molecule has 4 heterocycles. The summed E-state index contributed by atoms with van der Waals surface area (Å²) >= 11 is 0. The Labute approximate surface area is 171 Å². The number of hydrogen-bond acceptors (Lipinski definition) is 13. The van der Waals surface area contributed by atoms with Crippen LogP contribution in [0, 0.1) is 0 Å². The van der Waals surface area contributed by atoms with E-state index in [1.54, 1.807) is 0 Å². The van der Waals surface area contributed by atoms with E-state index in [-0.39, 0.29) is 13.2 Å². The van der Waals surface area contributed by atoms with Gasteiger partial charge in [-0.05, 0) is 0 Å². The van der Waals surface area contributed by atoms with E-state index in [0.717, 1.165) is 0 Å². The van der Waals surface area contributed by atoms with Crippen LogP contribution in [-0.4, -0.2) is 137 Å². The molecular formula is C17H28O13. The monoisotopic (exact) mass is 440 g/mol. The molecular weight excluding hydrogens is 412 g/mol. The smallest absolute Gasteiger partial charge is 0.187 e. The zero-order valence-electron chi connectivity index (χ0n) is 16.2. The first-order chi connectivity index (χ1) is 14.4.